The standard InChI is InChI=1S/C15H16ClN3/c1-2-10-8-12(11-4-5-11)13(16)9-14(10)19-15-17-6-3-7-18-15/h3,6-9,11H,2,4-5H2,1H3,(H,17,18,19). The zero-order chi connectivity index (χ0) is 13.2. The quantitative estimate of drug-likeness (QED) is 0.902. The van der Waals surface area contributed by atoms with Crippen molar-refractivity contribution in [3.63, 3.8) is 0 Å². The number of anilines is 2. The van der Waals surface area contributed by atoms with Gasteiger partial charge in [-0.15, -0.1) is 0 Å². The summed E-state index contributed by atoms with van der Waals surface area (Å²) >= 11 is 6.38. The summed E-state index contributed by atoms with van der Waals surface area (Å²) in [4.78, 5) is 8.37. The Bertz CT molecular complexity index is 579. The summed E-state index contributed by atoms with van der Waals surface area (Å²) in [5, 5.41) is 4.09. The van der Waals surface area contributed by atoms with Crippen LogP contribution in [0.15, 0.2) is 30.6 Å². The van der Waals surface area contributed by atoms with Crippen LogP contribution >= 0.6 is 11.6 Å². The van der Waals surface area contributed by atoms with Gasteiger partial charge in [0.05, 0.1) is 0 Å². The minimum Gasteiger partial charge on any atom is -0.324 e. The Hall–Kier alpha value is -1.61. The summed E-state index contributed by atoms with van der Waals surface area (Å²) < 4.78 is 0. The minimum absolute atomic E-state index is 0.604. The van der Waals surface area contributed by atoms with Gasteiger partial charge >= 0.3 is 0 Å². The van der Waals surface area contributed by atoms with E-state index in [1.165, 1.54) is 24.0 Å². The Kier molecular flexibility index (Phi) is 3.38. The van der Waals surface area contributed by atoms with Crippen LogP contribution in [0.25, 0.3) is 0 Å². The maximum atomic E-state index is 6.38. The largest absolute Gasteiger partial charge is 0.324 e. The average molecular weight is 274 g/mol. The summed E-state index contributed by atoms with van der Waals surface area (Å²) in [6.45, 7) is 2.15. The molecule has 1 saturated carbocycles. The number of hydrogen-bond donors (Lipinski definition) is 1. The molecule has 1 N–H and O–H groups in total. The van der Waals surface area contributed by atoms with Gasteiger partial charge in [-0.25, -0.2) is 9.97 Å². The topological polar surface area (TPSA) is 37.8 Å². The van der Waals surface area contributed by atoms with Gasteiger partial charge in [-0.3, -0.25) is 0 Å². The normalized spacial score (nSPS) is 14.4. The second-order valence-corrected chi connectivity index (χ2v) is 5.26. The molecule has 0 spiro atoms. The number of aryl methyl sites for hydroxylation is 1. The highest BCUT2D eigenvalue weighted by atomic mass is 35.5. The Morgan fingerprint density at radius 1 is 1.26 bits per heavy atom. The third kappa shape index (κ3) is 2.71. The smallest absolute Gasteiger partial charge is 0.227 e. The van der Waals surface area contributed by atoms with Crippen molar-refractivity contribution in [1.29, 1.82) is 0 Å². The van der Waals surface area contributed by atoms with Crippen molar-refractivity contribution in [3.05, 3.63) is 46.7 Å². The van der Waals surface area contributed by atoms with E-state index in [0.717, 1.165) is 17.1 Å². The fourth-order valence-electron chi connectivity index (χ4n) is 2.24. The summed E-state index contributed by atoms with van der Waals surface area (Å²) in [5.41, 5.74) is 3.56. The molecule has 0 aliphatic heterocycles. The van der Waals surface area contributed by atoms with Gasteiger partial charge in [-0.2, -0.15) is 0 Å². The van der Waals surface area contributed by atoms with Gasteiger partial charge in [0.25, 0.3) is 0 Å². The molecular formula is C15H16ClN3. The lowest BCUT2D eigenvalue weighted by Gasteiger charge is -2.13. The molecule has 1 aromatic heterocycles. The Labute approximate surface area is 118 Å². The molecule has 0 radical (unpaired) electrons. The second kappa shape index (κ2) is 5.17. The van der Waals surface area contributed by atoms with E-state index >= 15 is 0 Å². The number of nitrogens with one attached hydrogen (secondary N) is 1. The molecule has 3 nitrogen and oxygen atoms in total. The molecule has 1 aliphatic carbocycles. The van der Waals surface area contributed by atoms with Crippen LogP contribution in [0, 0.1) is 0 Å². The van der Waals surface area contributed by atoms with Crippen molar-refractivity contribution in [3.8, 4) is 0 Å². The van der Waals surface area contributed by atoms with Crippen LogP contribution in [-0.2, 0) is 6.42 Å². The molecular weight excluding hydrogens is 258 g/mol. The molecule has 1 aromatic carbocycles. The lowest BCUT2D eigenvalue weighted by atomic mass is 10.0. The van der Waals surface area contributed by atoms with Crippen molar-refractivity contribution >= 4 is 23.2 Å². The lowest BCUT2D eigenvalue weighted by molar-refractivity contribution is 1.07. The van der Waals surface area contributed by atoms with Crippen LogP contribution in [0.2, 0.25) is 5.02 Å². The highest BCUT2D eigenvalue weighted by molar-refractivity contribution is 6.31. The molecule has 0 atom stereocenters. The summed E-state index contributed by atoms with van der Waals surface area (Å²) in [7, 11) is 0. The van der Waals surface area contributed by atoms with Crippen LogP contribution in [0.4, 0.5) is 11.6 Å². The third-order valence-electron chi connectivity index (χ3n) is 3.43. The van der Waals surface area contributed by atoms with Crippen LogP contribution in [0.1, 0.15) is 36.8 Å². The van der Waals surface area contributed by atoms with E-state index in [9.17, 15) is 0 Å². The first-order valence-corrected chi connectivity index (χ1v) is 7.02. The van der Waals surface area contributed by atoms with Crippen LogP contribution in [0.5, 0.6) is 0 Å². The van der Waals surface area contributed by atoms with Crippen molar-refractivity contribution in [2.75, 3.05) is 5.32 Å². The Balaban J connectivity index is 1.94. The van der Waals surface area contributed by atoms with E-state index in [1.807, 2.05) is 6.07 Å². The van der Waals surface area contributed by atoms with E-state index < -0.39 is 0 Å². The van der Waals surface area contributed by atoms with Gasteiger partial charge in [-0.05, 0) is 48.4 Å². The average Bonchev–Trinajstić information content (AvgIpc) is 3.25. The first kappa shape index (κ1) is 12.4. The van der Waals surface area contributed by atoms with Crippen molar-refractivity contribution in [2.45, 2.75) is 32.1 Å². The Morgan fingerprint density at radius 2 is 2.00 bits per heavy atom. The van der Waals surface area contributed by atoms with Crippen molar-refractivity contribution < 1.29 is 0 Å². The molecule has 0 amide bonds. The number of nitrogens with zero attached hydrogens (tertiary/aromatic N) is 2. The fourth-order valence-corrected chi connectivity index (χ4v) is 2.56. The molecule has 1 aliphatic rings. The predicted octanol–water partition coefficient (Wildman–Crippen LogP) is 4.31. The van der Waals surface area contributed by atoms with E-state index in [1.54, 1.807) is 18.5 Å². The minimum atomic E-state index is 0.604. The molecule has 0 unspecified atom stereocenters. The molecule has 1 heterocycles. The van der Waals surface area contributed by atoms with E-state index in [2.05, 4.69) is 28.3 Å². The van der Waals surface area contributed by atoms with Crippen molar-refractivity contribution in [2.24, 2.45) is 0 Å². The van der Waals surface area contributed by atoms with Gasteiger partial charge in [0, 0.05) is 23.1 Å². The SMILES string of the molecule is CCc1cc(C2CC2)c(Cl)cc1Nc1ncccn1. The van der Waals surface area contributed by atoms with E-state index in [0.29, 0.717) is 11.9 Å². The molecule has 98 valence electrons. The second-order valence-electron chi connectivity index (χ2n) is 4.86. The van der Waals surface area contributed by atoms with E-state index in [-0.39, 0.29) is 0 Å². The molecule has 2 aromatic rings. The van der Waals surface area contributed by atoms with Crippen LogP contribution < -0.4 is 5.32 Å². The van der Waals surface area contributed by atoms with Gasteiger partial charge in [0.2, 0.25) is 5.95 Å². The predicted molar refractivity (Wildman–Crippen MR) is 78.1 cm³/mol. The number of aromatic nitrogens is 2. The summed E-state index contributed by atoms with van der Waals surface area (Å²) in [6.07, 6.45) is 6.93. The number of benzene rings is 1. The molecule has 0 saturated heterocycles. The maximum absolute atomic E-state index is 6.38. The highest BCUT2D eigenvalue weighted by Gasteiger charge is 2.26. The zero-order valence-electron chi connectivity index (χ0n) is 10.9. The number of hydrogen-bond acceptors (Lipinski definition) is 3. The summed E-state index contributed by atoms with van der Waals surface area (Å²) in [5.74, 6) is 1.27. The zero-order valence-corrected chi connectivity index (χ0v) is 11.6. The molecule has 4 heteroatoms. The van der Waals surface area contributed by atoms with E-state index in [4.69, 9.17) is 11.6 Å². The molecule has 1 fully saturated rings. The highest BCUT2D eigenvalue weighted by Crippen LogP contribution is 2.44. The number of halogens is 1. The monoisotopic (exact) mass is 273 g/mol. The lowest BCUT2D eigenvalue weighted by Crippen LogP contribution is -2.00. The van der Waals surface area contributed by atoms with Gasteiger partial charge < -0.3 is 5.32 Å². The van der Waals surface area contributed by atoms with Gasteiger partial charge in [0.1, 0.15) is 0 Å². The number of rotatable bonds is 4. The van der Waals surface area contributed by atoms with Gasteiger partial charge in [0.15, 0.2) is 0 Å². The van der Waals surface area contributed by atoms with Crippen molar-refractivity contribution in [1.82, 2.24) is 9.97 Å². The van der Waals surface area contributed by atoms with Crippen LogP contribution in [0.3, 0.4) is 0 Å². The van der Waals surface area contributed by atoms with Crippen LogP contribution in [-0.4, -0.2) is 9.97 Å². The van der Waals surface area contributed by atoms with Gasteiger partial charge in [-0.1, -0.05) is 24.6 Å². The molecule has 3 rings (SSSR count). The fraction of sp³-hybridized carbons (Fsp3) is 0.333. The Morgan fingerprint density at radius 3 is 2.63 bits per heavy atom. The third-order valence-corrected chi connectivity index (χ3v) is 3.76. The molecule has 19 heavy (non-hydrogen) atoms. The maximum Gasteiger partial charge on any atom is 0.227 e. The summed E-state index contributed by atoms with van der Waals surface area (Å²) in [6, 6.07) is 6.03. The molecule has 0 bridgehead atoms. The first-order valence-electron chi connectivity index (χ1n) is 6.64. The first-order chi connectivity index (χ1) is 9.28.